The number of ether oxygens (including phenoxy) is 1. The molecule has 0 spiro atoms. The Morgan fingerprint density at radius 2 is 1.94 bits per heavy atom. The lowest BCUT2D eigenvalue weighted by Gasteiger charge is -2.06. The molecule has 1 aliphatic rings. The van der Waals surface area contributed by atoms with Crippen LogP contribution in [0.15, 0.2) is 48.6 Å². The lowest BCUT2D eigenvalue weighted by atomic mass is 10.1. The predicted octanol–water partition coefficient (Wildman–Crippen LogP) is 6.85. The minimum absolute atomic E-state index is 0.143. The highest BCUT2D eigenvalue weighted by atomic mass is 17.0. The summed E-state index contributed by atoms with van der Waals surface area (Å²) < 4.78 is 5.76. The van der Waals surface area contributed by atoms with Crippen molar-refractivity contribution < 1.29 is 19.5 Å². The summed E-state index contributed by atoms with van der Waals surface area (Å²) in [6, 6.07) is 8.40. The van der Waals surface area contributed by atoms with Crippen LogP contribution >= 0.6 is 0 Å². The molecule has 1 aromatic rings. The van der Waals surface area contributed by atoms with E-state index in [1.54, 1.807) is 0 Å². The third kappa shape index (κ3) is 20.3. The van der Waals surface area contributed by atoms with Crippen molar-refractivity contribution in [3.8, 4) is 5.75 Å². The molecule has 0 bridgehead atoms. The number of nitrogens with zero attached hydrogens (tertiary/aromatic N) is 1. The van der Waals surface area contributed by atoms with Gasteiger partial charge < -0.3 is 14.9 Å². The highest BCUT2D eigenvalue weighted by Gasteiger charge is 2.10. The Kier molecular flexibility index (Phi) is 21.1. The first-order valence-corrected chi connectivity index (χ1v) is 12.9. The van der Waals surface area contributed by atoms with E-state index in [0.717, 1.165) is 31.1 Å². The summed E-state index contributed by atoms with van der Waals surface area (Å²) in [5.41, 5.74) is 1.34. The molecular formula is C28H46N2O5. The maximum Gasteiger partial charge on any atom is 0.294 e. The zero-order valence-electron chi connectivity index (χ0n) is 22.1. The molecule has 1 aromatic carbocycles. The van der Waals surface area contributed by atoms with Gasteiger partial charge in [0.25, 0.3) is 5.09 Å². The lowest BCUT2D eigenvalue weighted by Crippen LogP contribution is -2.27. The molecule has 1 N–H and O–H groups in total. The summed E-state index contributed by atoms with van der Waals surface area (Å²) in [7, 11) is 0. The largest absolute Gasteiger partial charge is 0.493 e. The molecule has 0 heterocycles. The number of rotatable bonds is 14. The molecule has 0 aromatic heterocycles. The summed E-state index contributed by atoms with van der Waals surface area (Å²) in [5.74, 6) is 1.84. The maximum atomic E-state index is 9.66. The number of hydrogen-bond acceptors (Lipinski definition) is 5. The number of allylic oxidation sites excluding steroid dienone is 3. The number of aryl methyl sites for hydroxylation is 1. The topological polar surface area (TPSA) is 90.7 Å². The minimum atomic E-state index is -0.892. The van der Waals surface area contributed by atoms with Crippen molar-refractivity contribution in [2.75, 3.05) is 13.2 Å². The van der Waals surface area contributed by atoms with Crippen molar-refractivity contribution in [2.45, 2.75) is 91.6 Å². The van der Waals surface area contributed by atoms with Crippen LogP contribution in [0.2, 0.25) is 0 Å². The minimum Gasteiger partial charge on any atom is -0.493 e. The van der Waals surface area contributed by atoms with Crippen LogP contribution in [0.5, 0.6) is 5.75 Å². The number of carbonyl (C=O) groups excluding carboxylic acids is 1. The number of hydrogen-bond donors (Lipinski definition) is 1. The van der Waals surface area contributed by atoms with E-state index in [9.17, 15) is 14.9 Å². The average molecular weight is 491 g/mol. The average Bonchev–Trinajstić information content (AvgIpc) is 3.37. The first-order valence-electron chi connectivity index (χ1n) is 12.9. The summed E-state index contributed by atoms with van der Waals surface area (Å²) in [6.07, 6.45) is 20.4. The van der Waals surface area contributed by atoms with Crippen LogP contribution in [-0.4, -0.2) is 30.8 Å². The van der Waals surface area contributed by atoms with Crippen molar-refractivity contribution in [2.24, 2.45) is 5.92 Å². The van der Waals surface area contributed by atoms with Crippen LogP contribution in [0.3, 0.4) is 0 Å². The molecule has 1 amide bonds. The molecule has 1 fully saturated rings. The van der Waals surface area contributed by atoms with Gasteiger partial charge in [0, 0.05) is 6.54 Å². The fraction of sp³-hybridized carbons (Fsp3) is 0.607. The Labute approximate surface area is 212 Å². The van der Waals surface area contributed by atoms with Crippen molar-refractivity contribution in [1.29, 1.82) is 0 Å². The SMILES string of the molecule is C/C=C\CCCC.CC(CNC=O)O[N+](=O)[O-].CCc1cccc(OCC/C=C/C2CCCC2)c1. The van der Waals surface area contributed by atoms with Gasteiger partial charge in [-0.3, -0.25) is 4.79 Å². The predicted molar refractivity (Wildman–Crippen MR) is 143 cm³/mol. The molecule has 1 saturated carbocycles. The van der Waals surface area contributed by atoms with Gasteiger partial charge in [-0.05, 0) is 69.6 Å². The number of benzene rings is 1. The summed E-state index contributed by atoms with van der Waals surface area (Å²) in [5, 5.41) is 11.0. The van der Waals surface area contributed by atoms with E-state index in [0.29, 0.717) is 6.41 Å². The molecule has 0 saturated heterocycles. The lowest BCUT2D eigenvalue weighted by molar-refractivity contribution is -0.767. The number of carbonyl (C=O) groups is 1. The van der Waals surface area contributed by atoms with E-state index in [1.165, 1.54) is 57.4 Å². The second-order valence-electron chi connectivity index (χ2n) is 8.49. The summed E-state index contributed by atoms with van der Waals surface area (Å²) in [6.45, 7) is 8.86. The third-order valence-corrected chi connectivity index (χ3v) is 5.38. The van der Waals surface area contributed by atoms with Crippen molar-refractivity contribution in [1.82, 2.24) is 5.32 Å². The summed E-state index contributed by atoms with van der Waals surface area (Å²) in [4.78, 5) is 23.4. The fourth-order valence-electron chi connectivity index (χ4n) is 3.43. The Morgan fingerprint density at radius 1 is 1.20 bits per heavy atom. The van der Waals surface area contributed by atoms with Gasteiger partial charge in [0.05, 0.1) is 6.61 Å². The number of amides is 1. The van der Waals surface area contributed by atoms with Crippen molar-refractivity contribution in [3.05, 3.63) is 64.2 Å². The molecular weight excluding hydrogens is 444 g/mol. The van der Waals surface area contributed by atoms with E-state index in [4.69, 9.17) is 4.74 Å². The smallest absolute Gasteiger partial charge is 0.294 e. The van der Waals surface area contributed by atoms with Crippen molar-refractivity contribution >= 4 is 6.41 Å². The monoisotopic (exact) mass is 490 g/mol. The molecule has 1 unspecified atom stereocenters. The maximum absolute atomic E-state index is 9.66. The van der Waals surface area contributed by atoms with Gasteiger partial charge in [-0.1, -0.05) is 76.0 Å². The van der Waals surface area contributed by atoms with Gasteiger partial charge in [-0.25, -0.2) is 0 Å². The zero-order valence-corrected chi connectivity index (χ0v) is 22.1. The Hall–Kier alpha value is -2.83. The van der Waals surface area contributed by atoms with Crippen LogP contribution in [-0.2, 0) is 16.1 Å². The van der Waals surface area contributed by atoms with E-state index < -0.39 is 11.2 Å². The van der Waals surface area contributed by atoms with Gasteiger partial charge in [0.1, 0.15) is 11.9 Å². The highest BCUT2D eigenvalue weighted by molar-refractivity contribution is 5.45. The first-order chi connectivity index (χ1) is 17.0. The molecule has 0 radical (unpaired) electrons. The van der Waals surface area contributed by atoms with Gasteiger partial charge in [-0.15, -0.1) is 10.1 Å². The Morgan fingerprint density at radius 3 is 2.54 bits per heavy atom. The van der Waals surface area contributed by atoms with Gasteiger partial charge in [0.2, 0.25) is 6.41 Å². The first kappa shape index (κ1) is 32.2. The van der Waals surface area contributed by atoms with Crippen LogP contribution in [0.1, 0.15) is 84.6 Å². The Bertz CT molecular complexity index is 715. The quantitative estimate of drug-likeness (QED) is 0.101. The molecule has 7 heteroatoms. The Balaban J connectivity index is 0.000000575. The second-order valence-corrected chi connectivity index (χ2v) is 8.49. The summed E-state index contributed by atoms with van der Waals surface area (Å²) >= 11 is 0. The van der Waals surface area contributed by atoms with Crippen LogP contribution in [0, 0.1) is 16.0 Å². The number of unbranched alkanes of at least 4 members (excludes halogenated alkanes) is 2. The zero-order chi connectivity index (χ0) is 26.2. The molecule has 1 atom stereocenters. The van der Waals surface area contributed by atoms with E-state index in [-0.39, 0.29) is 6.54 Å². The molecule has 7 nitrogen and oxygen atoms in total. The third-order valence-electron chi connectivity index (χ3n) is 5.38. The normalized spacial score (nSPS) is 13.9. The van der Waals surface area contributed by atoms with Gasteiger partial charge in [0.15, 0.2) is 0 Å². The fourth-order valence-corrected chi connectivity index (χ4v) is 3.43. The van der Waals surface area contributed by atoms with Crippen LogP contribution < -0.4 is 10.1 Å². The van der Waals surface area contributed by atoms with Gasteiger partial charge >= 0.3 is 0 Å². The van der Waals surface area contributed by atoms with E-state index >= 15 is 0 Å². The number of nitrogens with one attached hydrogen (secondary N) is 1. The van der Waals surface area contributed by atoms with Crippen molar-refractivity contribution in [3.63, 3.8) is 0 Å². The van der Waals surface area contributed by atoms with E-state index in [1.807, 2.05) is 6.07 Å². The van der Waals surface area contributed by atoms with Gasteiger partial charge in [-0.2, -0.15) is 0 Å². The highest BCUT2D eigenvalue weighted by Crippen LogP contribution is 2.25. The van der Waals surface area contributed by atoms with Crippen LogP contribution in [0.25, 0.3) is 0 Å². The van der Waals surface area contributed by atoms with Crippen LogP contribution in [0.4, 0.5) is 0 Å². The molecule has 1 aliphatic carbocycles. The molecule has 2 rings (SSSR count). The molecule has 35 heavy (non-hydrogen) atoms. The molecule has 0 aliphatic heterocycles. The standard InChI is InChI=1S/C17H24O.C7H14.C4H8N2O4/c1-2-15-11-7-12-17(14-15)18-13-6-5-10-16-8-3-4-9-16;1-3-5-7-6-4-2;1-4(2-5-3-7)10-6(8)9/h5,7,10-12,14,16H,2-4,6,8-9,13H2,1H3;3,5H,4,6-7H2,1-2H3;3-4H,2H2,1H3,(H,5,7)/b10-5+;5-3-;. The molecule has 198 valence electrons. The van der Waals surface area contributed by atoms with E-state index in [2.05, 4.69) is 73.4 Å². The second kappa shape index (κ2) is 22.9.